The Kier molecular flexibility index (Phi) is 6.68. The molecule has 9 heteroatoms. The van der Waals surface area contributed by atoms with Gasteiger partial charge in [-0.2, -0.15) is 0 Å². The van der Waals surface area contributed by atoms with E-state index in [1.165, 1.54) is 24.3 Å². The fourth-order valence-electron chi connectivity index (χ4n) is 1.57. The van der Waals surface area contributed by atoms with Gasteiger partial charge in [0, 0.05) is 5.69 Å². The maximum atomic E-state index is 11.7. The number of carbonyl (C=O) groups is 1. The molecule has 1 unspecified atom stereocenters. The van der Waals surface area contributed by atoms with Gasteiger partial charge in [-0.15, -0.1) is 0 Å². The van der Waals surface area contributed by atoms with Gasteiger partial charge in [-0.05, 0) is 24.3 Å². The van der Waals surface area contributed by atoms with E-state index in [9.17, 15) is 25.2 Å². The minimum Gasteiger partial charge on any atom is -0.429 e. The molecule has 0 bridgehead atoms. The molecule has 0 heterocycles. The molecular formula is C13H19NO8. The second-order valence-electron chi connectivity index (χ2n) is 4.64. The first-order valence-electron chi connectivity index (χ1n) is 6.35. The summed E-state index contributed by atoms with van der Waals surface area (Å²) in [6.45, 7) is -0.869. The molecule has 0 aromatic heterocycles. The van der Waals surface area contributed by atoms with E-state index < -0.39 is 43.3 Å². The Morgan fingerprint density at radius 1 is 1.00 bits per heavy atom. The van der Waals surface area contributed by atoms with Crippen molar-refractivity contribution in [3.63, 3.8) is 0 Å². The smallest absolute Gasteiger partial charge is 0.340 e. The summed E-state index contributed by atoms with van der Waals surface area (Å²) in [4.78, 5) is 11.7. The van der Waals surface area contributed by atoms with Crippen LogP contribution >= 0.6 is 0 Å². The molecule has 0 aliphatic carbocycles. The average Bonchev–Trinajstić information content (AvgIpc) is 2.52. The molecule has 124 valence electrons. The Bertz CT molecular complexity index is 479. The Morgan fingerprint density at radius 2 is 1.55 bits per heavy atom. The number of esters is 1. The first-order valence-corrected chi connectivity index (χ1v) is 6.35. The van der Waals surface area contributed by atoms with Crippen molar-refractivity contribution in [3.05, 3.63) is 29.8 Å². The number of rotatable bonds is 7. The monoisotopic (exact) mass is 317 g/mol. The van der Waals surface area contributed by atoms with Crippen LogP contribution in [0.25, 0.3) is 0 Å². The minimum absolute atomic E-state index is 0.0471. The molecule has 22 heavy (non-hydrogen) atoms. The third-order valence-electron chi connectivity index (χ3n) is 2.95. The van der Waals surface area contributed by atoms with Crippen LogP contribution in [-0.4, -0.2) is 73.9 Å². The summed E-state index contributed by atoms with van der Waals surface area (Å²) in [6.07, 6.45) is -9.96. The van der Waals surface area contributed by atoms with Gasteiger partial charge in [0.1, 0.15) is 24.4 Å². The maximum Gasteiger partial charge on any atom is 0.340 e. The van der Waals surface area contributed by atoms with E-state index in [4.69, 9.17) is 15.9 Å². The lowest BCUT2D eigenvalue weighted by atomic mass is 10.0. The number of hydrogen-bond acceptors (Lipinski definition) is 9. The van der Waals surface area contributed by atoms with Gasteiger partial charge in [-0.25, -0.2) is 4.79 Å². The van der Waals surface area contributed by atoms with Crippen LogP contribution in [0.15, 0.2) is 24.3 Å². The zero-order valence-corrected chi connectivity index (χ0v) is 11.5. The summed E-state index contributed by atoms with van der Waals surface area (Å²) in [7, 11) is 0. The van der Waals surface area contributed by atoms with Crippen molar-refractivity contribution in [2.24, 2.45) is 0 Å². The zero-order chi connectivity index (χ0) is 16.9. The van der Waals surface area contributed by atoms with Crippen molar-refractivity contribution >= 4 is 11.7 Å². The van der Waals surface area contributed by atoms with E-state index in [2.05, 4.69) is 4.74 Å². The lowest BCUT2D eigenvalue weighted by Gasteiger charge is -2.28. The summed E-state index contributed by atoms with van der Waals surface area (Å²) in [5, 5.41) is 55.8. The highest BCUT2D eigenvalue weighted by molar-refractivity contribution is 5.89. The SMILES string of the molecule is Nc1ccc(C(=O)OC(O)[C@H](O)[C@H](O)[C@H](O)[C@H](O)CO)cc1. The Balaban J connectivity index is 2.65. The zero-order valence-electron chi connectivity index (χ0n) is 11.5. The van der Waals surface area contributed by atoms with Gasteiger partial charge >= 0.3 is 5.97 Å². The number of hydrogen-bond donors (Lipinski definition) is 7. The van der Waals surface area contributed by atoms with Gasteiger partial charge in [0.05, 0.1) is 12.2 Å². The molecule has 0 radical (unpaired) electrons. The van der Waals surface area contributed by atoms with Crippen LogP contribution in [0.2, 0.25) is 0 Å². The van der Waals surface area contributed by atoms with Gasteiger partial charge < -0.3 is 41.1 Å². The minimum atomic E-state index is -2.15. The van der Waals surface area contributed by atoms with Gasteiger partial charge in [0.25, 0.3) is 0 Å². The molecule has 0 spiro atoms. The molecule has 0 fully saturated rings. The number of anilines is 1. The third-order valence-corrected chi connectivity index (χ3v) is 2.95. The summed E-state index contributed by atoms with van der Waals surface area (Å²) in [5.41, 5.74) is 5.90. The number of nitrogen functional groups attached to an aromatic ring is 1. The van der Waals surface area contributed by atoms with Gasteiger partial charge in [-0.3, -0.25) is 0 Å². The number of nitrogens with two attached hydrogens (primary N) is 1. The first-order chi connectivity index (χ1) is 10.3. The van der Waals surface area contributed by atoms with Crippen LogP contribution in [0, 0.1) is 0 Å². The fraction of sp³-hybridized carbons (Fsp3) is 0.462. The lowest BCUT2D eigenvalue weighted by Crippen LogP contribution is -2.50. The molecule has 9 nitrogen and oxygen atoms in total. The van der Waals surface area contributed by atoms with E-state index in [1.807, 2.05) is 0 Å². The van der Waals surface area contributed by atoms with Crippen molar-refractivity contribution < 1.29 is 40.2 Å². The third kappa shape index (κ3) is 4.63. The second kappa shape index (κ2) is 8.03. The normalized spacial score (nSPS) is 18.1. The highest BCUT2D eigenvalue weighted by atomic mass is 16.6. The standard InChI is InChI=1S/C13H19NO8/c14-7-3-1-6(2-4-7)12(20)22-13(21)11(19)10(18)9(17)8(16)5-15/h1-4,8-11,13,15-19,21H,5,14H2/t8-,9-,10-,11-,13?/m1/s1. The van der Waals surface area contributed by atoms with Crippen molar-refractivity contribution in [2.45, 2.75) is 30.7 Å². The molecule has 1 aromatic carbocycles. The van der Waals surface area contributed by atoms with Gasteiger partial charge in [0.2, 0.25) is 6.29 Å². The first kappa shape index (κ1) is 18.3. The summed E-state index contributed by atoms with van der Waals surface area (Å²) in [5.74, 6) is -0.990. The summed E-state index contributed by atoms with van der Waals surface area (Å²) in [6, 6.07) is 5.51. The molecule has 0 saturated heterocycles. The number of carbonyl (C=O) groups excluding carboxylic acids is 1. The van der Waals surface area contributed by atoms with Crippen LogP contribution in [0.5, 0.6) is 0 Å². The molecule has 8 N–H and O–H groups in total. The number of benzene rings is 1. The van der Waals surface area contributed by atoms with E-state index in [1.54, 1.807) is 0 Å². The predicted octanol–water partition coefficient (Wildman–Crippen LogP) is -2.82. The average molecular weight is 317 g/mol. The number of aliphatic hydroxyl groups excluding tert-OH is 6. The molecule has 0 saturated carbocycles. The van der Waals surface area contributed by atoms with Gasteiger partial charge in [-0.1, -0.05) is 0 Å². The molecule has 1 aromatic rings. The van der Waals surface area contributed by atoms with Crippen molar-refractivity contribution in [1.29, 1.82) is 0 Å². The molecule has 1 rings (SSSR count). The highest BCUT2D eigenvalue weighted by Crippen LogP contribution is 2.12. The topological polar surface area (TPSA) is 174 Å². The maximum absolute atomic E-state index is 11.7. The van der Waals surface area contributed by atoms with Crippen LogP contribution in [0.4, 0.5) is 5.69 Å². The van der Waals surface area contributed by atoms with Gasteiger partial charge in [0.15, 0.2) is 0 Å². The molecule has 0 amide bonds. The van der Waals surface area contributed by atoms with Crippen LogP contribution in [-0.2, 0) is 4.74 Å². The van der Waals surface area contributed by atoms with Crippen LogP contribution in [0.1, 0.15) is 10.4 Å². The second-order valence-corrected chi connectivity index (χ2v) is 4.64. The Hall–Kier alpha value is -1.75. The number of ether oxygens (including phenoxy) is 1. The fourth-order valence-corrected chi connectivity index (χ4v) is 1.57. The van der Waals surface area contributed by atoms with E-state index in [-0.39, 0.29) is 5.56 Å². The highest BCUT2D eigenvalue weighted by Gasteiger charge is 2.35. The van der Waals surface area contributed by atoms with Crippen LogP contribution in [0.3, 0.4) is 0 Å². The molecular weight excluding hydrogens is 298 g/mol. The molecule has 0 aliphatic heterocycles. The summed E-state index contributed by atoms with van der Waals surface area (Å²) < 4.78 is 4.53. The van der Waals surface area contributed by atoms with E-state index in [0.29, 0.717) is 5.69 Å². The van der Waals surface area contributed by atoms with Crippen molar-refractivity contribution in [1.82, 2.24) is 0 Å². The Morgan fingerprint density at radius 3 is 2.05 bits per heavy atom. The quantitative estimate of drug-likeness (QED) is 0.159. The predicted molar refractivity (Wildman–Crippen MR) is 73.4 cm³/mol. The largest absolute Gasteiger partial charge is 0.429 e. The lowest BCUT2D eigenvalue weighted by molar-refractivity contribution is -0.191. The van der Waals surface area contributed by atoms with E-state index >= 15 is 0 Å². The Labute approximate surface area is 125 Å². The van der Waals surface area contributed by atoms with Crippen molar-refractivity contribution in [3.8, 4) is 0 Å². The summed E-state index contributed by atoms with van der Waals surface area (Å²) >= 11 is 0. The van der Waals surface area contributed by atoms with Crippen LogP contribution < -0.4 is 5.73 Å². The number of aliphatic hydroxyl groups is 6. The molecule has 5 atom stereocenters. The molecule has 0 aliphatic rings. The van der Waals surface area contributed by atoms with Crippen molar-refractivity contribution in [2.75, 3.05) is 12.3 Å². The van der Waals surface area contributed by atoms with E-state index in [0.717, 1.165) is 0 Å².